The molecule has 2 aromatic carbocycles. The Hall–Kier alpha value is -3.22. The smallest absolute Gasteiger partial charge is 0.294 e. The number of amides is 1. The number of ether oxygens (including phenoxy) is 1. The number of aliphatic hydroxyl groups is 1. The summed E-state index contributed by atoms with van der Waals surface area (Å²) < 4.78 is 32.8. The highest BCUT2D eigenvalue weighted by Gasteiger charge is 2.44. The number of anilines is 1. The topological polar surface area (TPSA) is 66.8 Å². The lowest BCUT2D eigenvalue weighted by molar-refractivity contribution is -0.118. The van der Waals surface area contributed by atoms with E-state index in [4.69, 9.17) is 4.74 Å². The molecule has 0 saturated heterocycles. The standard InChI is InChI=1S/C23H23F2NO4/c1-4-30-16-8-5-14(6-9-16)21-20(19(27)11-13(2)3)22(28)23(29)26(21)15-7-10-17(24)18(25)12-15/h5-10,12-13,21,28H,4,11H2,1-3H3. The molecule has 1 unspecified atom stereocenters. The van der Waals surface area contributed by atoms with Gasteiger partial charge < -0.3 is 9.84 Å². The van der Waals surface area contributed by atoms with Gasteiger partial charge in [-0.25, -0.2) is 8.78 Å². The summed E-state index contributed by atoms with van der Waals surface area (Å²) in [6, 6.07) is 8.77. The Morgan fingerprint density at radius 1 is 1.13 bits per heavy atom. The molecule has 2 aromatic rings. The molecular formula is C23H23F2NO4. The fourth-order valence-electron chi connectivity index (χ4n) is 3.50. The van der Waals surface area contributed by atoms with Gasteiger partial charge >= 0.3 is 0 Å². The van der Waals surface area contributed by atoms with E-state index in [2.05, 4.69) is 0 Å². The predicted octanol–water partition coefficient (Wildman–Crippen LogP) is 4.88. The number of hydrogen-bond acceptors (Lipinski definition) is 4. The fourth-order valence-corrected chi connectivity index (χ4v) is 3.50. The number of carbonyl (C=O) groups is 2. The van der Waals surface area contributed by atoms with Crippen molar-refractivity contribution in [2.75, 3.05) is 11.5 Å². The SMILES string of the molecule is CCOc1ccc(C2C(C(=O)CC(C)C)=C(O)C(=O)N2c2ccc(F)c(F)c2)cc1. The molecule has 1 aliphatic rings. The lowest BCUT2D eigenvalue weighted by atomic mass is 9.92. The summed E-state index contributed by atoms with van der Waals surface area (Å²) >= 11 is 0. The number of hydrogen-bond donors (Lipinski definition) is 1. The average molecular weight is 415 g/mol. The maximum Gasteiger partial charge on any atom is 0.294 e. The highest BCUT2D eigenvalue weighted by molar-refractivity contribution is 6.16. The van der Waals surface area contributed by atoms with Crippen LogP contribution in [0.3, 0.4) is 0 Å². The number of rotatable bonds is 7. The van der Waals surface area contributed by atoms with Crippen molar-refractivity contribution in [1.29, 1.82) is 0 Å². The van der Waals surface area contributed by atoms with E-state index in [1.165, 1.54) is 6.07 Å². The number of nitrogens with zero attached hydrogens (tertiary/aromatic N) is 1. The van der Waals surface area contributed by atoms with Gasteiger partial charge in [0.25, 0.3) is 5.91 Å². The first-order valence-corrected chi connectivity index (χ1v) is 9.72. The zero-order valence-corrected chi connectivity index (χ0v) is 17.0. The van der Waals surface area contributed by atoms with Crippen molar-refractivity contribution in [2.45, 2.75) is 33.2 Å². The Morgan fingerprint density at radius 3 is 2.37 bits per heavy atom. The molecule has 7 heteroatoms. The van der Waals surface area contributed by atoms with Crippen LogP contribution in [0.2, 0.25) is 0 Å². The van der Waals surface area contributed by atoms with Crippen LogP contribution in [0, 0.1) is 17.6 Å². The molecule has 30 heavy (non-hydrogen) atoms. The van der Waals surface area contributed by atoms with Gasteiger partial charge in [0, 0.05) is 18.2 Å². The number of benzene rings is 2. The van der Waals surface area contributed by atoms with Crippen LogP contribution in [0.15, 0.2) is 53.8 Å². The van der Waals surface area contributed by atoms with Gasteiger partial charge in [-0.3, -0.25) is 14.5 Å². The Bertz CT molecular complexity index is 999. The van der Waals surface area contributed by atoms with Gasteiger partial charge in [0.15, 0.2) is 23.2 Å². The maximum atomic E-state index is 13.9. The van der Waals surface area contributed by atoms with Gasteiger partial charge in [-0.1, -0.05) is 26.0 Å². The second-order valence-electron chi connectivity index (χ2n) is 7.46. The molecule has 1 N–H and O–H groups in total. The van der Waals surface area contributed by atoms with E-state index in [0.717, 1.165) is 17.0 Å². The summed E-state index contributed by atoms with van der Waals surface area (Å²) in [6.45, 7) is 6.02. The molecule has 1 atom stereocenters. The van der Waals surface area contributed by atoms with Crippen LogP contribution in [0.4, 0.5) is 14.5 Å². The van der Waals surface area contributed by atoms with Crippen LogP contribution in [-0.4, -0.2) is 23.4 Å². The number of ketones is 1. The molecule has 0 bridgehead atoms. The molecule has 3 rings (SSSR count). The van der Waals surface area contributed by atoms with Crippen LogP contribution in [0.25, 0.3) is 0 Å². The van der Waals surface area contributed by atoms with E-state index >= 15 is 0 Å². The minimum atomic E-state index is -1.13. The van der Waals surface area contributed by atoms with Gasteiger partial charge in [0.05, 0.1) is 18.2 Å². The second kappa shape index (κ2) is 8.65. The molecule has 0 spiro atoms. The zero-order chi connectivity index (χ0) is 22.0. The minimum Gasteiger partial charge on any atom is -0.503 e. The van der Waals surface area contributed by atoms with Gasteiger partial charge in [0.2, 0.25) is 0 Å². The van der Waals surface area contributed by atoms with E-state index in [1.54, 1.807) is 24.3 Å². The normalized spacial score (nSPS) is 16.5. The second-order valence-corrected chi connectivity index (χ2v) is 7.46. The molecular weight excluding hydrogens is 392 g/mol. The molecule has 0 fully saturated rings. The first-order valence-electron chi connectivity index (χ1n) is 9.72. The number of carbonyl (C=O) groups excluding carboxylic acids is 2. The first kappa shape index (κ1) is 21.5. The molecule has 5 nitrogen and oxygen atoms in total. The van der Waals surface area contributed by atoms with E-state index in [9.17, 15) is 23.5 Å². The third kappa shape index (κ3) is 4.06. The van der Waals surface area contributed by atoms with Crippen LogP contribution < -0.4 is 9.64 Å². The van der Waals surface area contributed by atoms with Crippen molar-refractivity contribution in [1.82, 2.24) is 0 Å². The summed E-state index contributed by atoms with van der Waals surface area (Å²) in [5.41, 5.74) is 0.520. The summed E-state index contributed by atoms with van der Waals surface area (Å²) in [6.07, 6.45) is 0.131. The van der Waals surface area contributed by atoms with Crippen molar-refractivity contribution >= 4 is 17.4 Å². The van der Waals surface area contributed by atoms with Crippen LogP contribution >= 0.6 is 0 Å². The lowest BCUT2D eigenvalue weighted by Crippen LogP contribution is -2.31. The fraction of sp³-hybridized carbons (Fsp3) is 0.304. The maximum absolute atomic E-state index is 13.9. The molecule has 158 valence electrons. The third-order valence-electron chi connectivity index (χ3n) is 4.79. The monoisotopic (exact) mass is 415 g/mol. The Labute approximate surface area is 173 Å². The quantitative estimate of drug-likeness (QED) is 0.700. The van der Waals surface area contributed by atoms with Gasteiger partial charge in [-0.2, -0.15) is 0 Å². The summed E-state index contributed by atoms with van der Waals surface area (Å²) in [7, 11) is 0. The van der Waals surface area contributed by atoms with E-state index in [0.29, 0.717) is 17.9 Å². The van der Waals surface area contributed by atoms with Crippen molar-refractivity contribution in [3.8, 4) is 5.75 Å². The van der Waals surface area contributed by atoms with Crippen molar-refractivity contribution in [2.24, 2.45) is 5.92 Å². The van der Waals surface area contributed by atoms with E-state index in [-0.39, 0.29) is 29.4 Å². The summed E-state index contributed by atoms with van der Waals surface area (Å²) in [5, 5.41) is 10.5. The van der Waals surface area contributed by atoms with Crippen LogP contribution in [0.1, 0.15) is 38.8 Å². The molecule has 0 aliphatic carbocycles. The molecule has 1 heterocycles. The number of halogens is 2. The van der Waals surface area contributed by atoms with Crippen molar-refractivity contribution in [3.05, 3.63) is 71.0 Å². The molecule has 0 saturated carbocycles. The van der Waals surface area contributed by atoms with Crippen molar-refractivity contribution < 1.29 is 28.2 Å². The molecule has 1 amide bonds. The summed E-state index contributed by atoms with van der Waals surface area (Å²) in [5.74, 6) is -3.47. The molecule has 1 aliphatic heterocycles. The number of Topliss-reactive ketones (excluding diaryl/α,β-unsaturated/α-hetero) is 1. The third-order valence-corrected chi connectivity index (χ3v) is 4.79. The van der Waals surface area contributed by atoms with Crippen LogP contribution in [-0.2, 0) is 9.59 Å². The van der Waals surface area contributed by atoms with Gasteiger partial charge in [-0.15, -0.1) is 0 Å². The van der Waals surface area contributed by atoms with E-state index in [1.807, 2.05) is 20.8 Å². The summed E-state index contributed by atoms with van der Waals surface area (Å²) in [4.78, 5) is 26.9. The largest absolute Gasteiger partial charge is 0.503 e. The highest BCUT2D eigenvalue weighted by atomic mass is 19.2. The minimum absolute atomic E-state index is 0.00574. The zero-order valence-electron chi connectivity index (χ0n) is 17.0. The molecule has 0 aromatic heterocycles. The number of aliphatic hydroxyl groups excluding tert-OH is 1. The Kier molecular flexibility index (Phi) is 6.20. The lowest BCUT2D eigenvalue weighted by Gasteiger charge is -2.27. The van der Waals surface area contributed by atoms with Gasteiger partial charge in [-0.05, 0) is 42.7 Å². The Morgan fingerprint density at radius 2 is 1.80 bits per heavy atom. The van der Waals surface area contributed by atoms with E-state index < -0.39 is 29.3 Å². The van der Waals surface area contributed by atoms with Gasteiger partial charge in [0.1, 0.15) is 5.75 Å². The average Bonchev–Trinajstić information content (AvgIpc) is 2.95. The first-order chi connectivity index (χ1) is 14.2. The Balaban J connectivity index is 2.12. The van der Waals surface area contributed by atoms with Crippen molar-refractivity contribution in [3.63, 3.8) is 0 Å². The molecule has 0 radical (unpaired) electrons. The predicted molar refractivity (Wildman–Crippen MR) is 108 cm³/mol. The van der Waals surface area contributed by atoms with Crippen LogP contribution in [0.5, 0.6) is 5.75 Å². The highest BCUT2D eigenvalue weighted by Crippen LogP contribution is 2.42.